The van der Waals surface area contributed by atoms with Crippen LogP contribution in [0.4, 0.5) is 0 Å². The standard InChI is InChI=1S/C15H21O4PS/c1-4-17-20(16,18-5-2)19-15(13-21-3)12-11-14-9-7-6-8-10-14/h6-13H,4-5H2,1-3H3/b12-11+,15-13-. The molecule has 6 heteroatoms. The molecule has 0 spiro atoms. The van der Waals surface area contributed by atoms with E-state index in [0.29, 0.717) is 5.76 Å². The molecule has 0 aromatic heterocycles. The molecule has 1 aromatic carbocycles. The topological polar surface area (TPSA) is 44.8 Å². The molecule has 0 aliphatic carbocycles. The Bertz CT molecular complexity index is 504. The number of hydrogen-bond acceptors (Lipinski definition) is 5. The second-order valence-corrected chi connectivity index (χ2v) is 6.17. The van der Waals surface area contributed by atoms with Crippen LogP contribution in [0.1, 0.15) is 19.4 Å². The highest BCUT2D eigenvalue weighted by Crippen LogP contribution is 2.51. The van der Waals surface area contributed by atoms with Crippen molar-refractivity contribution in [3.05, 3.63) is 53.1 Å². The summed E-state index contributed by atoms with van der Waals surface area (Å²) in [6, 6.07) is 9.79. The zero-order chi connectivity index (χ0) is 15.6. The number of allylic oxidation sites excluding steroid dienone is 1. The number of hydrogen-bond donors (Lipinski definition) is 0. The monoisotopic (exact) mass is 328 g/mol. The second kappa shape index (κ2) is 9.85. The Balaban J connectivity index is 2.84. The van der Waals surface area contributed by atoms with Gasteiger partial charge in [-0.1, -0.05) is 36.4 Å². The van der Waals surface area contributed by atoms with Crippen molar-refractivity contribution in [1.82, 2.24) is 0 Å². The summed E-state index contributed by atoms with van der Waals surface area (Å²) >= 11 is 1.45. The van der Waals surface area contributed by atoms with Crippen molar-refractivity contribution in [2.45, 2.75) is 13.8 Å². The second-order valence-electron chi connectivity index (χ2n) is 3.87. The van der Waals surface area contributed by atoms with Gasteiger partial charge in [-0.3, -0.25) is 9.05 Å². The van der Waals surface area contributed by atoms with Crippen molar-refractivity contribution in [2.24, 2.45) is 0 Å². The first kappa shape index (κ1) is 18.1. The number of rotatable bonds is 9. The van der Waals surface area contributed by atoms with Crippen LogP contribution in [-0.4, -0.2) is 19.5 Å². The van der Waals surface area contributed by atoms with Crippen LogP contribution in [0.2, 0.25) is 0 Å². The SMILES string of the molecule is CCOP(=O)(OCC)OC(=C\SC)/C=C/c1ccccc1. The van der Waals surface area contributed by atoms with Crippen LogP contribution in [-0.2, 0) is 18.1 Å². The van der Waals surface area contributed by atoms with Gasteiger partial charge in [0.15, 0.2) is 0 Å². The van der Waals surface area contributed by atoms with Crippen molar-refractivity contribution >= 4 is 25.7 Å². The van der Waals surface area contributed by atoms with Crippen molar-refractivity contribution in [3.63, 3.8) is 0 Å². The number of phosphoric acid groups is 1. The molecule has 0 heterocycles. The summed E-state index contributed by atoms with van der Waals surface area (Å²) in [5.74, 6) is 0.441. The first-order valence-corrected chi connectivity index (χ1v) is 9.43. The fourth-order valence-corrected chi connectivity index (χ4v) is 3.10. The summed E-state index contributed by atoms with van der Waals surface area (Å²) in [5.41, 5.74) is 1.02. The maximum Gasteiger partial charge on any atom is 0.530 e. The van der Waals surface area contributed by atoms with E-state index < -0.39 is 7.82 Å². The van der Waals surface area contributed by atoms with Crippen LogP contribution in [0.3, 0.4) is 0 Å². The highest BCUT2D eigenvalue weighted by molar-refractivity contribution is 8.01. The van der Waals surface area contributed by atoms with Crippen LogP contribution < -0.4 is 0 Å². The number of benzene rings is 1. The summed E-state index contributed by atoms with van der Waals surface area (Å²) in [6.45, 7) is 4.00. The molecule has 0 bridgehead atoms. The summed E-state index contributed by atoms with van der Waals surface area (Å²) in [4.78, 5) is 0. The molecule has 21 heavy (non-hydrogen) atoms. The van der Waals surface area contributed by atoms with E-state index in [2.05, 4.69) is 0 Å². The Hall–Kier alpha value is -1.00. The van der Waals surface area contributed by atoms with Crippen LogP contribution in [0.5, 0.6) is 0 Å². The first-order chi connectivity index (χ1) is 10.1. The largest absolute Gasteiger partial charge is 0.530 e. The van der Waals surface area contributed by atoms with Gasteiger partial charge in [-0.25, -0.2) is 4.57 Å². The molecule has 0 radical (unpaired) electrons. The fraction of sp³-hybridized carbons (Fsp3) is 0.333. The van der Waals surface area contributed by atoms with Gasteiger partial charge in [-0.05, 0) is 31.7 Å². The zero-order valence-electron chi connectivity index (χ0n) is 12.5. The third-order valence-corrected chi connectivity index (χ3v) is 4.32. The number of phosphoric ester groups is 1. The van der Waals surface area contributed by atoms with Gasteiger partial charge >= 0.3 is 7.82 Å². The summed E-state index contributed by atoms with van der Waals surface area (Å²) in [5, 5.41) is 1.75. The van der Waals surface area contributed by atoms with Crippen molar-refractivity contribution in [2.75, 3.05) is 19.5 Å². The van der Waals surface area contributed by atoms with Gasteiger partial charge in [0.25, 0.3) is 0 Å². The van der Waals surface area contributed by atoms with E-state index in [0.717, 1.165) is 5.56 Å². The minimum atomic E-state index is -3.56. The molecule has 0 amide bonds. The molecule has 1 rings (SSSR count). The van der Waals surface area contributed by atoms with E-state index in [9.17, 15) is 4.57 Å². The highest BCUT2D eigenvalue weighted by Gasteiger charge is 2.27. The minimum Gasteiger partial charge on any atom is -0.403 e. The molecular formula is C15H21O4PS. The first-order valence-electron chi connectivity index (χ1n) is 6.68. The van der Waals surface area contributed by atoms with E-state index in [1.165, 1.54) is 11.8 Å². The summed E-state index contributed by atoms with van der Waals surface area (Å²) in [7, 11) is -3.56. The lowest BCUT2D eigenvalue weighted by Gasteiger charge is -2.17. The third kappa shape index (κ3) is 7.00. The maximum atomic E-state index is 12.4. The molecule has 116 valence electrons. The smallest absolute Gasteiger partial charge is 0.403 e. The Morgan fingerprint density at radius 1 is 1.19 bits per heavy atom. The van der Waals surface area contributed by atoms with Gasteiger partial charge in [-0.2, -0.15) is 0 Å². The lowest BCUT2D eigenvalue weighted by Crippen LogP contribution is -1.99. The molecule has 0 saturated heterocycles. The Labute approximate surface area is 130 Å². The molecule has 0 aliphatic rings. The van der Waals surface area contributed by atoms with Crippen molar-refractivity contribution in [1.29, 1.82) is 0 Å². The van der Waals surface area contributed by atoms with E-state index in [1.54, 1.807) is 25.3 Å². The molecule has 0 N–H and O–H groups in total. The van der Waals surface area contributed by atoms with E-state index in [1.807, 2.05) is 42.7 Å². The van der Waals surface area contributed by atoms with Gasteiger partial charge in [-0.15, -0.1) is 11.8 Å². The fourth-order valence-electron chi connectivity index (χ4n) is 1.49. The lowest BCUT2D eigenvalue weighted by molar-refractivity contribution is 0.148. The van der Waals surface area contributed by atoms with Crippen LogP contribution in [0, 0.1) is 0 Å². The van der Waals surface area contributed by atoms with Gasteiger partial charge in [0.1, 0.15) is 5.76 Å². The van der Waals surface area contributed by atoms with Gasteiger partial charge < -0.3 is 4.52 Å². The molecule has 0 aliphatic heterocycles. The quantitative estimate of drug-likeness (QED) is 0.358. The molecule has 0 atom stereocenters. The van der Waals surface area contributed by atoms with E-state index in [-0.39, 0.29) is 13.2 Å². The lowest BCUT2D eigenvalue weighted by atomic mass is 10.2. The Kier molecular flexibility index (Phi) is 8.47. The molecule has 0 unspecified atom stereocenters. The van der Waals surface area contributed by atoms with Crippen LogP contribution >= 0.6 is 19.6 Å². The molecule has 0 saturated carbocycles. The average molecular weight is 328 g/mol. The van der Waals surface area contributed by atoms with Gasteiger partial charge in [0, 0.05) is 5.41 Å². The van der Waals surface area contributed by atoms with Gasteiger partial charge in [0.05, 0.1) is 13.2 Å². The van der Waals surface area contributed by atoms with E-state index >= 15 is 0 Å². The Morgan fingerprint density at radius 2 is 1.81 bits per heavy atom. The molecule has 4 nitrogen and oxygen atoms in total. The summed E-state index contributed by atoms with van der Waals surface area (Å²) in [6.07, 6.45) is 5.52. The maximum absolute atomic E-state index is 12.4. The minimum absolute atomic E-state index is 0.256. The normalized spacial score (nSPS) is 12.8. The van der Waals surface area contributed by atoms with Gasteiger partial charge in [0.2, 0.25) is 0 Å². The van der Waals surface area contributed by atoms with Crippen LogP contribution in [0.15, 0.2) is 47.6 Å². The summed E-state index contributed by atoms with van der Waals surface area (Å²) < 4.78 is 28.1. The van der Waals surface area contributed by atoms with Crippen molar-refractivity contribution < 1.29 is 18.1 Å². The molecular weight excluding hydrogens is 307 g/mol. The zero-order valence-corrected chi connectivity index (χ0v) is 14.2. The third-order valence-electron chi connectivity index (χ3n) is 2.27. The Morgan fingerprint density at radius 3 is 2.33 bits per heavy atom. The molecule has 1 aromatic rings. The highest BCUT2D eigenvalue weighted by atomic mass is 32.2. The van der Waals surface area contributed by atoms with E-state index in [4.69, 9.17) is 13.6 Å². The van der Waals surface area contributed by atoms with Crippen LogP contribution in [0.25, 0.3) is 6.08 Å². The predicted molar refractivity (Wildman–Crippen MR) is 89.0 cm³/mol. The number of thioether (sulfide) groups is 1. The average Bonchev–Trinajstić information content (AvgIpc) is 2.46. The molecule has 0 fully saturated rings. The predicted octanol–water partition coefficient (Wildman–Crippen LogP) is 5.10. The van der Waals surface area contributed by atoms with Crippen molar-refractivity contribution in [3.8, 4) is 0 Å².